The molecule has 0 saturated heterocycles. The largest absolute Gasteiger partial charge is 0.464 e. The first-order valence-electron chi connectivity index (χ1n) is 6.26. The SMILES string of the molecule is COC(=O)C1=CC(=C=O)c2cc(F)cc(CCO)c2N1C. The molecule has 5 nitrogen and oxygen atoms in total. The van der Waals surface area contributed by atoms with E-state index in [1.165, 1.54) is 30.2 Å². The van der Waals surface area contributed by atoms with E-state index < -0.39 is 11.8 Å². The van der Waals surface area contributed by atoms with Gasteiger partial charge in [-0.1, -0.05) is 0 Å². The van der Waals surface area contributed by atoms with Gasteiger partial charge in [-0.2, -0.15) is 0 Å². The summed E-state index contributed by atoms with van der Waals surface area (Å²) in [7, 11) is 2.85. The van der Waals surface area contributed by atoms with E-state index in [9.17, 15) is 14.0 Å². The number of carbonyl (C=O) groups excluding carboxylic acids is 2. The van der Waals surface area contributed by atoms with E-state index in [0.29, 0.717) is 16.8 Å². The summed E-state index contributed by atoms with van der Waals surface area (Å²) in [5.74, 6) is 0.577. The molecule has 0 atom stereocenters. The van der Waals surface area contributed by atoms with Gasteiger partial charge in [0.25, 0.3) is 0 Å². The van der Waals surface area contributed by atoms with Gasteiger partial charge in [0, 0.05) is 19.2 Å². The fourth-order valence-electron chi connectivity index (χ4n) is 2.38. The Morgan fingerprint density at radius 1 is 1.48 bits per heavy atom. The molecule has 0 saturated carbocycles. The third-order valence-corrected chi connectivity index (χ3v) is 3.31. The molecule has 1 aromatic rings. The van der Waals surface area contributed by atoms with Crippen LogP contribution in [0.5, 0.6) is 0 Å². The lowest BCUT2D eigenvalue weighted by atomic mass is 9.94. The van der Waals surface area contributed by atoms with Gasteiger partial charge >= 0.3 is 5.97 Å². The summed E-state index contributed by atoms with van der Waals surface area (Å²) in [6.07, 6.45) is 1.51. The van der Waals surface area contributed by atoms with Gasteiger partial charge in [-0.25, -0.2) is 14.0 Å². The number of likely N-dealkylation sites (N-methyl/N-ethyl adjacent to an activating group) is 1. The van der Waals surface area contributed by atoms with Crippen LogP contribution in [0.1, 0.15) is 11.1 Å². The van der Waals surface area contributed by atoms with Crippen LogP contribution in [0.2, 0.25) is 0 Å². The molecular weight excluding hydrogens is 277 g/mol. The fraction of sp³-hybridized carbons (Fsp3) is 0.267. The topological polar surface area (TPSA) is 66.8 Å². The van der Waals surface area contributed by atoms with E-state index in [0.717, 1.165) is 0 Å². The number of allylic oxidation sites excluding steroid dienone is 2. The fourth-order valence-corrected chi connectivity index (χ4v) is 2.38. The molecule has 0 fully saturated rings. The Hall–Kier alpha value is -2.43. The lowest BCUT2D eigenvalue weighted by Crippen LogP contribution is -2.29. The lowest BCUT2D eigenvalue weighted by molar-refractivity contribution is -0.136. The zero-order valence-corrected chi connectivity index (χ0v) is 11.6. The van der Waals surface area contributed by atoms with Gasteiger partial charge in [0.15, 0.2) is 0 Å². The van der Waals surface area contributed by atoms with E-state index in [1.807, 2.05) is 0 Å². The monoisotopic (exact) mass is 291 g/mol. The third kappa shape index (κ3) is 2.59. The molecule has 0 spiro atoms. The molecule has 0 bridgehead atoms. The van der Waals surface area contributed by atoms with Crippen molar-refractivity contribution >= 4 is 23.2 Å². The van der Waals surface area contributed by atoms with Gasteiger partial charge in [-0.05, 0) is 30.2 Å². The second kappa shape index (κ2) is 5.91. The molecule has 1 aliphatic heterocycles. The predicted molar refractivity (Wildman–Crippen MR) is 74.8 cm³/mol. The first-order chi connectivity index (χ1) is 10.0. The van der Waals surface area contributed by atoms with E-state index in [2.05, 4.69) is 4.74 Å². The van der Waals surface area contributed by atoms with Gasteiger partial charge in [-0.15, -0.1) is 0 Å². The normalized spacial score (nSPS) is 13.4. The maximum Gasteiger partial charge on any atom is 0.354 e. The predicted octanol–water partition coefficient (Wildman–Crippen LogP) is 1.08. The van der Waals surface area contributed by atoms with Crippen LogP contribution < -0.4 is 4.90 Å². The minimum Gasteiger partial charge on any atom is -0.464 e. The number of benzene rings is 1. The minimum atomic E-state index is -0.616. The molecule has 0 amide bonds. The number of hydrogen-bond donors (Lipinski definition) is 1. The molecule has 0 aliphatic carbocycles. The summed E-state index contributed by atoms with van der Waals surface area (Å²) < 4.78 is 18.4. The number of anilines is 1. The van der Waals surface area contributed by atoms with Crippen LogP contribution in [0.4, 0.5) is 10.1 Å². The number of ether oxygens (including phenoxy) is 1. The van der Waals surface area contributed by atoms with Crippen LogP contribution >= 0.6 is 0 Å². The van der Waals surface area contributed by atoms with Crippen molar-refractivity contribution in [2.45, 2.75) is 6.42 Å². The first-order valence-corrected chi connectivity index (χ1v) is 6.26. The van der Waals surface area contributed by atoms with Crippen molar-refractivity contribution in [3.05, 3.63) is 40.8 Å². The van der Waals surface area contributed by atoms with Crippen LogP contribution in [0.25, 0.3) is 5.57 Å². The van der Waals surface area contributed by atoms with Crippen LogP contribution in [0.15, 0.2) is 23.9 Å². The van der Waals surface area contributed by atoms with Crippen molar-refractivity contribution in [3.63, 3.8) is 0 Å². The molecule has 0 aromatic heterocycles. The maximum atomic E-state index is 13.7. The zero-order chi connectivity index (χ0) is 15.6. The molecule has 0 unspecified atom stereocenters. The van der Waals surface area contributed by atoms with Crippen molar-refractivity contribution in [3.8, 4) is 0 Å². The Bertz CT molecular complexity index is 674. The minimum absolute atomic E-state index is 0.0715. The molecule has 1 aliphatic rings. The molecule has 0 radical (unpaired) electrons. The Balaban J connectivity index is 2.70. The van der Waals surface area contributed by atoms with E-state index in [-0.39, 0.29) is 24.3 Å². The molecule has 110 valence electrons. The van der Waals surface area contributed by atoms with Crippen molar-refractivity contribution in [1.82, 2.24) is 0 Å². The number of fused-ring (bicyclic) bond motifs is 1. The quantitative estimate of drug-likeness (QED) is 0.667. The highest BCUT2D eigenvalue weighted by Crippen LogP contribution is 2.38. The van der Waals surface area contributed by atoms with Gasteiger partial charge in [-0.3, -0.25) is 0 Å². The number of aliphatic hydroxyl groups excluding tert-OH is 1. The Morgan fingerprint density at radius 2 is 2.19 bits per heavy atom. The van der Waals surface area contributed by atoms with Gasteiger partial charge < -0.3 is 14.7 Å². The smallest absolute Gasteiger partial charge is 0.354 e. The van der Waals surface area contributed by atoms with E-state index >= 15 is 0 Å². The number of nitrogens with zero attached hydrogens (tertiary/aromatic N) is 1. The van der Waals surface area contributed by atoms with Crippen LogP contribution in [-0.4, -0.2) is 37.8 Å². The summed E-state index contributed by atoms with van der Waals surface area (Å²) in [6.45, 7) is -0.179. The summed E-state index contributed by atoms with van der Waals surface area (Å²) in [6, 6.07) is 2.48. The molecule has 2 rings (SSSR count). The Morgan fingerprint density at radius 3 is 2.76 bits per heavy atom. The summed E-state index contributed by atoms with van der Waals surface area (Å²) >= 11 is 0. The zero-order valence-electron chi connectivity index (χ0n) is 11.6. The number of aliphatic hydroxyl groups is 1. The average Bonchev–Trinajstić information content (AvgIpc) is 2.46. The van der Waals surface area contributed by atoms with Crippen LogP contribution in [0.3, 0.4) is 0 Å². The second-order valence-corrected chi connectivity index (χ2v) is 4.53. The maximum absolute atomic E-state index is 13.7. The molecule has 21 heavy (non-hydrogen) atoms. The highest BCUT2D eigenvalue weighted by molar-refractivity contribution is 6.07. The molecule has 1 heterocycles. The van der Waals surface area contributed by atoms with Crippen molar-refractivity contribution in [2.24, 2.45) is 0 Å². The van der Waals surface area contributed by atoms with Gasteiger partial charge in [0.05, 0.1) is 18.4 Å². The van der Waals surface area contributed by atoms with Gasteiger partial charge in [0.2, 0.25) is 0 Å². The second-order valence-electron chi connectivity index (χ2n) is 4.53. The number of methoxy groups -OCH3 is 1. The van der Waals surface area contributed by atoms with Crippen LogP contribution in [0, 0.1) is 5.82 Å². The highest BCUT2D eigenvalue weighted by Gasteiger charge is 2.28. The Kier molecular flexibility index (Phi) is 4.21. The molecule has 6 heteroatoms. The number of rotatable bonds is 3. The van der Waals surface area contributed by atoms with Crippen molar-refractivity contribution < 1.29 is 23.8 Å². The number of esters is 1. The summed E-state index contributed by atoms with van der Waals surface area (Å²) in [5, 5.41) is 9.11. The summed E-state index contributed by atoms with van der Waals surface area (Å²) in [5.41, 5.74) is 1.55. The van der Waals surface area contributed by atoms with Crippen molar-refractivity contribution in [2.75, 3.05) is 25.7 Å². The average molecular weight is 291 g/mol. The van der Waals surface area contributed by atoms with Crippen LogP contribution in [-0.2, 0) is 20.7 Å². The van der Waals surface area contributed by atoms with Gasteiger partial charge in [0.1, 0.15) is 17.5 Å². The highest BCUT2D eigenvalue weighted by atomic mass is 19.1. The summed E-state index contributed by atoms with van der Waals surface area (Å²) in [4.78, 5) is 24.4. The third-order valence-electron chi connectivity index (χ3n) is 3.31. The van der Waals surface area contributed by atoms with E-state index in [4.69, 9.17) is 5.11 Å². The number of carbonyl (C=O) groups is 1. The molecular formula is C15H14FNO4. The first kappa shape index (κ1) is 15.0. The van der Waals surface area contributed by atoms with E-state index in [1.54, 1.807) is 13.0 Å². The number of halogens is 1. The molecule has 1 aromatic carbocycles. The van der Waals surface area contributed by atoms with Crippen molar-refractivity contribution in [1.29, 1.82) is 0 Å². The Labute approximate surface area is 120 Å². The molecule has 1 N–H and O–H groups in total. The number of hydrogen-bond acceptors (Lipinski definition) is 5. The lowest BCUT2D eigenvalue weighted by Gasteiger charge is -2.30. The standard InChI is InChI=1S/C15H14FNO4/c1-17-13(15(20)21-2)6-10(8-19)12-7-11(16)5-9(3-4-18)14(12)17/h5-7,18H,3-4H2,1-2H3.